The van der Waals surface area contributed by atoms with E-state index in [0.29, 0.717) is 6.61 Å². The first-order chi connectivity index (χ1) is 9.76. The molecule has 2 atom stereocenters. The molecule has 2 unspecified atom stereocenters. The molecule has 1 aromatic heterocycles. The van der Waals surface area contributed by atoms with Gasteiger partial charge in [-0.15, -0.1) is 0 Å². The molecule has 0 aliphatic carbocycles. The summed E-state index contributed by atoms with van der Waals surface area (Å²) in [6.45, 7) is 4.62. The summed E-state index contributed by atoms with van der Waals surface area (Å²) in [6, 6.07) is 11.4. The number of aliphatic hydroxyl groups is 1. The lowest BCUT2D eigenvalue weighted by Crippen LogP contribution is -2.27. The van der Waals surface area contributed by atoms with Crippen LogP contribution >= 0.6 is 0 Å². The number of nitrogens with one attached hydrogen (secondary N) is 1. The molecule has 2 rings (SSSR count). The van der Waals surface area contributed by atoms with Crippen molar-refractivity contribution in [3.8, 4) is 5.75 Å². The Bertz CT molecular complexity index is 510. The summed E-state index contributed by atoms with van der Waals surface area (Å²) in [5.41, 5.74) is 1.07. The highest BCUT2D eigenvalue weighted by molar-refractivity contribution is 5.35. The molecule has 0 aliphatic heterocycles. The number of benzene rings is 1. The van der Waals surface area contributed by atoms with Gasteiger partial charge in [-0.3, -0.25) is 5.32 Å². The van der Waals surface area contributed by atoms with Crippen LogP contribution < -0.4 is 10.1 Å². The van der Waals surface area contributed by atoms with Crippen LogP contribution in [0, 0.1) is 0 Å². The molecule has 4 nitrogen and oxygen atoms in total. The molecular weight excluding hydrogens is 254 g/mol. The Hall–Kier alpha value is -1.78. The van der Waals surface area contributed by atoms with Crippen molar-refractivity contribution in [2.24, 2.45) is 0 Å². The van der Waals surface area contributed by atoms with Crippen molar-refractivity contribution in [3.63, 3.8) is 0 Å². The first-order valence-corrected chi connectivity index (χ1v) is 6.88. The van der Waals surface area contributed by atoms with Crippen LogP contribution in [0.2, 0.25) is 0 Å². The fourth-order valence-electron chi connectivity index (χ4n) is 2.23. The molecule has 0 radical (unpaired) electrons. The van der Waals surface area contributed by atoms with E-state index in [9.17, 15) is 5.11 Å². The first kappa shape index (κ1) is 14.6. The van der Waals surface area contributed by atoms with Crippen LogP contribution in [0.15, 0.2) is 47.1 Å². The largest absolute Gasteiger partial charge is 0.494 e. The molecular formula is C16H21NO3. The number of para-hydroxylation sites is 1. The molecule has 4 heteroatoms. The summed E-state index contributed by atoms with van der Waals surface area (Å²) in [7, 11) is 0. The van der Waals surface area contributed by atoms with Gasteiger partial charge in [0.05, 0.1) is 25.5 Å². The second-order valence-electron chi connectivity index (χ2n) is 4.61. The minimum absolute atomic E-state index is 0.0192. The van der Waals surface area contributed by atoms with E-state index in [1.807, 2.05) is 50.2 Å². The first-order valence-electron chi connectivity index (χ1n) is 6.88. The minimum Gasteiger partial charge on any atom is -0.494 e. The Labute approximate surface area is 119 Å². The molecule has 1 heterocycles. The highest BCUT2D eigenvalue weighted by atomic mass is 16.5. The average Bonchev–Trinajstić information content (AvgIpc) is 2.99. The van der Waals surface area contributed by atoms with Crippen LogP contribution in [0.5, 0.6) is 5.75 Å². The van der Waals surface area contributed by atoms with Crippen LogP contribution in [0.4, 0.5) is 0 Å². The smallest absolute Gasteiger partial charge is 0.124 e. The van der Waals surface area contributed by atoms with Crippen LogP contribution in [0.25, 0.3) is 0 Å². The highest BCUT2D eigenvalue weighted by Gasteiger charge is 2.18. The maximum absolute atomic E-state index is 9.51. The van der Waals surface area contributed by atoms with Gasteiger partial charge >= 0.3 is 0 Å². The number of rotatable bonds is 7. The summed E-state index contributed by atoms with van der Waals surface area (Å²) in [5.74, 6) is 1.60. The summed E-state index contributed by atoms with van der Waals surface area (Å²) in [5, 5.41) is 12.9. The van der Waals surface area contributed by atoms with Crippen molar-refractivity contribution in [3.05, 3.63) is 54.0 Å². The van der Waals surface area contributed by atoms with Crippen LogP contribution in [-0.4, -0.2) is 18.3 Å². The number of furan rings is 1. The molecule has 2 aromatic rings. The maximum Gasteiger partial charge on any atom is 0.124 e. The number of ether oxygens (including phenoxy) is 1. The predicted molar refractivity (Wildman–Crippen MR) is 77.7 cm³/mol. The molecule has 2 N–H and O–H groups in total. The van der Waals surface area contributed by atoms with Gasteiger partial charge in [-0.1, -0.05) is 18.2 Å². The minimum atomic E-state index is -0.227. The molecule has 0 saturated carbocycles. The summed E-state index contributed by atoms with van der Waals surface area (Å²) in [6.07, 6.45) is 1.61. The number of hydrogen-bond donors (Lipinski definition) is 2. The molecule has 1 aromatic carbocycles. The van der Waals surface area contributed by atoms with Gasteiger partial charge in [-0.05, 0) is 32.0 Å². The molecule has 0 spiro atoms. The molecule has 0 saturated heterocycles. The normalized spacial score (nSPS) is 13.9. The highest BCUT2D eigenvalue weighted by Crippen LogP contribution is 2.27. The molecule has 0 aliphatic rings. The van der Waals surface area contributed by atoms with E-state index in [2.05, 4.69) is 5.32 Å². The Morgan fingerprint density at radius 3 is 2.70 bits per heavy atom. The van der Waals surface area contributed by atoms with E-state index in [1.165, 1.54) is 0 Å². The van der Waals surface area contributed by atoms with Crippen molar-refractivity contribution in [1.29, 1.82) is 0 Å². The monoisotopic (exact) mass is 275 g/mol. The molecule has 108 valence electrons. The summed E-state index contributed by atoms with van der Waals surface area (Å²) < 4.78 is 11.0. The van der Waals surface area contributed by atoms with Gasteiger partial charge in [0, 0.05) is 11.6 Å². The summed E-state index contributed by atoms with van der Waals surface area (Å²) >= 11 is 0. The zero-order chi connectivity index (χ0) is 14.4. The molecule has 0 fully saturated rings. The van der Waals surface area contributed by atoms with Crippen molar-refractivity contribution in [2.45, 2.75) is 25.9 Å². The van der Waals surface area contributed by atoms with Gasteiger partial charge in [-0.25, -0.2) is 0 Å². The molecule has 20 heavy (non-hydrogen) atoms. The Balaban J connectivity index is 2.13. The third-order valence-electron chi connectivity index (χ3n) is 3.21. The Morgan fingerprint density at radius 1 is 1.25 bits per heavy atom. The molecule has 0 bridgehead atoms. The Morgan fingerprint density at radius 2 is 2.05 bits per heavy atom. The lowest BCUT2D eigenvalue weighted by molar-refractivity contribution is 0.216. The third-order valence-corrected chi connectivity index (χ3v) is 3.21. The second-order valence-corrected chi connectivity index (χ2v) is 4.61. The standard InChI is InChI=1S/C16H21NO3/c1-3-19-15-8-5-4-7-13(15)12(2)17-14(11-18)16-9-6-10-20-16/h4-10,12,14,17-18H,3,11H2,1-2H3. The van der Waals surface area contributed by atoms with Crippen molar-refractivity contribution in [2.75, 3.05) is 13.2 Å². The predicted octanol–water partition coefficient (Wildman–Crippen LogP) is 3.06. The van der Waals surface area contributed by atoms with E-state index < -0.39 is 0 Å². The number of hydrogen-bond acceptors (Lipinski definition) is 4. The van der Waals surface area contributed by atoms with Crippen LogP contribution in [0.1, 0.15) is 37.3 Å². The van der Waals surface area contributed by atoms with E-state index in [-0.39, 0.29) is 18.7 Å². The van der Waals surface area contributed by atoms with Crippen LogP contribution in [-0.2, 0) is 0 Å². The van der Waals surface area contributed by atoms with Gasteiger partial charge in [0.15, 0.2) is 0 Å². The lowest BCUT2D eigenvalue weighted by Gasteiger charge is -2.22. The quantitative estimate of drug-likeness (QED) is 0.815. The van der Waals surface area contributed by atoms with E-state index in [1.54, 1.807) is 6.26 Å². The number of aliphatic hydroxyl groups excluding tert-OH is 1. The zero-order valence-electron chi connectivity index (χ0n) is 11.9. The van der Waals surface area contributed by atoms with Crippen LogP contribution in [0.3, 0.4) is 0 Å². The van der Waals surface area contributed by atoms with E-state index in [4.69, 9.17) is 9.15 Å². The van der Waals surface area contributed by atoms with E-state index in [0.717, 1.165) is 17.1 Å². The van der Waals surface area contributed by atoms with Gasteiger partial charge in [0.1, 0.15) is 11.5 Å². The second kappa shape index (κ2) is 7.12. The van der Waals surface area contributed by atoms with Crippen molar-refractivity contribution in [1.82, 2.24) is 5.32 Å². The summed E-state index contributed by atoms with van der Waals surface area (Å²) in [4.78, 5) is 0. The third kappa shape index (κ3) is 3.40. The SMILES string of the molecule is CCOc1ccccc1C(C)NC(CO)c1ccco1. The topological polar surface area (TPSA) is 54.6 Å². The zero-order valence-corrected chi connectivity index (χ0v) is 11.9. The Kier molecular flexibility index (Phi) is 5.21. The van der Waals surface area contributed by atoms with Gasteiger partial charge in [-0.2, -0.15) is 0 Å². The van der Waals surface area contributed by atoms with Gasteiger partial charge in [0.25, 0.3) is 0 Å². The van der Waals surface area contributed by atoms with Gasteiger partial charge in [0.2, 0.25) is 0 Å². The fourth-order valence-corrected chi connectivity index (χ4v) is 2.23. The lowest BCUT2D eigenvalue weighted by atomic mass is 10.1. The van der Waals surface area contributed by atoms with Gasteiger partial charge < -0.3 is 14.3 Å². The maximum atomic E-state index is 9.51. The average molecular weight is 275 g/mol. The fraction of sp³-hybridized carbons (Fsp3) is 0.375. The molecule has 0 amide bonds. The van der Waals surface area contributed by atoms with E-state index >= 15 is 0 Å². The van der Waals surface area contributed by atoms with Crippen molar-refractivity contribution >= 4 is 0 Å². The van der Waals surface area contributed by atoms with Crippen molar-refractivity contribution < 1.29 is 14.3 Å².